The molecule has 0 atom stereocenters. The summed E-state index contributed by atoms with van der Waals surface area (Å²) in [6, 6.07) is 2.29. The van der Waals surface area contributed by atoms with Gasteiger partial charge in [-0.1, -0.05) is 6.92 Å². The predicted octanol–water partition coefficient (Wildman–Crippen LogP) is 3.43. The molecule has 2 aromatic heterocycles. The highest BCUT2D eigenvalue weighted by Crippen LogP contribution is 2.30. The highest BCUT2D eigenvalue weighted by molar-refractivity contribution is 9.10. The van der Waals surface area contributed by atoms with Crippen molar-refractivity contribution in [1.29, 1.82) is 0 Å². The van der Waals surface area contributed by atoms with E-state index in [2.05, 4.69) is 51.2 Å². The summed E-state index contributed by atoms with van der Waals surface area (Å²) in [5.41, 5.74) is 7.98. The number of anilines is 1. The van der Waals surface area contributed by atoms with Crippen molar-refractivity contribution in [1.82, 2.24) is 14.5 Å². The van der Waals surface area contributed by atoms with Gasteiger partial charge in [0.05, 0.1) is 0 Å². The fraction of sp³-hybridized carbons (Fsp3) is 0.385. The third-order valence-corrected chi connectivity index (χ3v) is 3.27. The Kier molecular flexibility index (Phi) is 3.71. The Morgan fingerprint density at radius 2 is 2.11 bits per heavy atom. The molecule has 0 aliphatic rings. The van der Waals surface area contributed by atoms with Crippen LogP contribution in [0.15, 0.2) is 22.9 Å². The van der Waals surface area contributed by atoms with Crippen molar-refractivity contribution in [3.63, 3.8) is 0 Å². The van der Waals surface area contributed by atoms with E-state index in [0.29, 0.717) is 11.9 Å². The Bertz CT molecular complexity index is 560. The maximum absolute atomic E-state index is 6.22. The number of hydrogen-bond donors (Lipinski definition) is 1. The summed E-state index contributed by atoms with van der Waals surface area (Å²) >= 11 is 3.42. The highest BCUT2D eigenvalue weighted by atomic mass is 79.9. The van der Waals surface area contributed by atoms with Crippen LogP contribution in [0.3, 0.4) is 0 Å². The number of nitrogens with two attached hydrogens (primary N) is 1. The molecule has 0 unspecified atom stereocenters. The predicted molar refractivity (Wildman–Crippen MR) is 77.3 cm³/mol. The van der Waals surface area contributed by atoms with Crippen LogP contribution < -0.4 is 5.73 Å². The van der Waals surface area contributed by atoms with Crippen LogP contribution in [0.2, 0.25) is 0 Å². The number of aromatic nitrogens is 3. The van der Waals surface area contributed by atoms with Gasteiger partial charge >= 0.3 is 0 Å². The molecular formula is C13H17BrN4. The first-order valence-electron chi connectivity index (χ1n) is 6.02. The number of rotatable bonds is 3. The Hall–Kier alpha value is -1.36. The third-order valence-electron chi connectivity index (χ3n) is 2.83. The van der Waals surface area contributed by atoms with Crippen molar-refractivity contribution < 1.29 is 0 Å². The SMILES string of the molecule is CCc1nc(-c2cncc(Br)c2)c(N)n1C(C)C. The number of halogens is 1. The van der Waals surface area contributed by atoms with Crippen LogP contribution >= 0.6 is 15.9 Å². The molecule has 5 heteroatoms. The van der Waals surface area contributed by atoms with E-state index in [1.165, 1.54) is 0 Å². The lowest BCUT2D eigenvalue weighted by molar-refractivity contribution is 0.579. The molecule has 0 spiro atoms. The van der Waals surface area contributed by atoms with Crippen LogP contribution in [-0.4, -0.2) is 14.5 Å². The molecule has 2 rings (SSSR count). The second-order valence-electron chi connectivity index (χ2n) is 4.47. The second-order valence-corrected chi connectivity index (χ2v) is 5.39. The molecule has 0 aliphatic carbocycles. The van der Waals surface area contributed by atoms with Gasteiger partial charge in [-0.3, -0.25) is 4.98 Å². The monoisotopic (exact) mass is 308 g/mol. The van der Waals surface area contributed by atoms with Crippen LogP contribution in [0.1, 0.15) is 32.6 Å². The zero-order valence-electron chi connectivity index (χ0n) is 10.8. The summed E-state index contributed by atoms with van der Waals surface area (Å²) in [4.78, 5) is 8.80. The molecule has 0 bridgehead atoms. The van der Waals surface area contributed by atoms with E-state index in [1.54, 1.807) is 12.4 Å². The van der Waals surface area contributed by atoms with Crippen molar-refractivity contribution in [2.45, 2.75) is 33.2 Å². The zero-order chi connectivity index (χ0) is 13.3. The van der Waals surface area contributed by atoms with Crippen molar-refractivity contribution in [3.05, 3.63) is 28.8 Å². The number of nitrogens with zero attached hydrogens (tertiary/aromatic N) is 3. The van der Waals surface area contributed by atoms with Gasteiger partial charge in [0.15, 0.2) is 0 Å². The van der Waals surface area contributed by atoms with Gasteiger partial charge < -0.3 is 10.3 Å². The van der Waals surface area contributed by atoms with E-state index in [4.69, 9.17) is 5.73 Å². The minimum atomic E-state index is 0.307. The number of nitrogen functional groups attached to an aromatic ring is 1. The lowest BCUT2D eigenvalue weighted by atomic mass is 10.2. The molecule has 2 heterocycles. The lowest BCUT2D eigenvalue weighted by Crippen LogP contribution is -2.08. The number of aryl methyl sites for hydroxylation is 1. The normalized spacial score (nSPS) is 11.2. The van der Waals surface area contributed by atoms with Gasteiger partial charge in [-0.25, -0.2) is 4.98 Å². The number of imidazole rings is 1. The average Bonchev–Trinajstić information content (AvgIpc) is 2.66. The lowest BCUT2D eigenvalue weighted by Gasteiger charge is -2.12. The van der Waals surface area contributed by atoms with E-state index >= 15 is 0 Å². The minimum absolute atomic E-state index is 0.307. The molecule has 0 aromatic carbocycles. The minimum Gasteiger partial charge on any atom is -0.383 e. The van der Waals surface area contributed by atoms with Gasteiger partial charge in [0.2, 0.25) is 0 Å². The van der Waals surface area contributed by atoms with Crippen LogP contribution in [-0.2, 0) is 6.42 Å². The quantitative estimate of drug-likeness (QED) is 0.945. The van der Waals surface area contributed by atoms with Gasteiger partial charge in [-0.2, -0.15) is 0 Å². The molecule has 2 N–H and O–H groups in total. The van der Waals surface area contributed by atoms with E-state index in [1.807, 2.05) is 6.07 Å². The van der Waals surface area contributed by atoms with E-state index in [0.717, 1.165) is 28.0 Å². The maximum Gasteiger partial charge on any atom is 0.132 e. The molecule has 0 radical (unpaired) electrons. The summed E-state index contributed by atoms with van der Waals surface area (Å²) in [6.07, 6.45) is 4.40. The first-order valence-corrected chi connectivity index (χ1v) is 6.81. The molecular weight excluding hydrogens is 292 g/mol. The smallest absolute Gasteiger partial charge is 0.132 e. The number of hydrogen-bond acceptors (Lipinski definition) is 3. The van der Waals surface area contributed by atoms with Crippen molar-refractivity contribution in [2.75, 3.05) is 5.73 Å². The largest absolute Gasteiger partial charge is 0.383 e. The van der Waals surface area contributed by atoms with Gasteiger partial charge in [0, 0.05) is 34.9 Å². The van der Waals surface area contributed by atoms with Crippen LogP contribution in [0.25, 0.3) is 11.3 Å². The third kappa shape index (κ3) is 2.27. The fourth-order valence-corrected chi connectivity index (χ4v) is 2.44. The zero-order valence-corrected chi connectivity index (χ0v) is 12.4. The van der Waals surface area contributed by atoms with E-state index in [9.17, 15) is 0 Å². The molecule has 4 nitrogen and oxygen atoms in total. The van der Waals surface area contributed by atoms with E-state index < -0.39 is 0 Å². The van der Waals surface area contributed by atoms with Crippen molar-refractivity contribution >= 4 is 21.7 Å². The molecule has 0 aliphatic heterocycles. The Labute approximate surface area is 115 Å². The summed E-state index contributed by atoms with van der Waals surface area (Å²) in [6.45, 7) is 6.31. The van der Waals surface area contributed by atoms with Gasteiger partial charge in [-0.15, -0.1) is 0 Å². The molecule has 18 heavy (non-hydrogen) atoms. The first-order chi connectivity index (χ1) is 8.54. The molecule has 0 fully saturated rings. The average molecular weight is 309 g/mol. The molecule has 0 amide bonds. The molecule has 0 saturated carbocycles. The Morgan fingerprint density at radius 3 is 2.61 bits per heavy atom. The summed E-state index contributed by atoms with van der Waals surface area (Å²) < 4.78 is 3.01. The van der Waals surface area contributed by atoms with Crippen molar-refractivity contribution in [3.8, 4) is 11.3 Å². The topological polar surface area (TPSA) is 56.7 Å². The molecule has 96 valence electrons. The summed E-state index contributed by atoms with van der Waals surface area (Å²) in [5.74, 6) is 1.72. The van der Waals surface area contributed by atoms with Gasteiger partial charge in [0.25, 0.3) is 0 Å². The molecule has 0 saturated heterocycles. The van der Waals surface area contributed by atoms with Crippen LogP contribution in [0.4, 0.5) is 5.82 Å². The second kappa shape index (κ2) is 5.10. The Balaban J connectivity index is 2.59. The number of pyridine rings is 1. The fourth-order valence-electron chi connectivity index (χ4n) is 2.07. The standard InChI is InChI=1S/C13H17BrN4/c1-4-11-17-12(13(15)18(11)8(2)3)9-5-10(14)7-16-6-9/h5-8H,4,15H2,1-3H3. The Morgan fingerprint density at radius 1 is 1.39 bits per heavy atom. The van der Waals surface area contributed by atoms with Gasteiger partial charge in [0.1, 0.15) is 17.3 Å². The van der Waals surface area contributed by atoms with Crippen LogP contribution in [0, 0.1) is 0 Å². The van der Waals surface area contributed by atoms with Crippen LogP contribution in [0.5, 0.6) is 0 Å². The molecule has 2 aromatic rings. The van der Waals surface area contributed by atoms with E-state index in [-0.39, 0.29) is 0 Å². The maximum atomic E-state index is 6.22. The summed E-state index contributed by atoms with van der Waals surface area (Å²) in [5, 5.41) is 0. The van der Waals surface area contributed by atoms with Crippen molar-refractivity contribution in [2.24, 2.45) is 0 Å². The van der Waals surface area contributed by atoms with Gasteiger partial charge in [-0.05, 0) is 35.8 Å². The first kappa shape index (κ1) is 13.1. The summed E-state index contributed by atoms with van der Waals surface area (Å²) in [7, 11) is 0. The highest BCUT2D eigenvalue weighted by Gasteiger charge is 2.17.